The number of nitrogens with zero attached hydrogens (tertiary/aromatic N) is 1. The maximum atomic E-state index is 5.47. The number of aromatic nitrogens is 1. The first-order valence-corrected chi connectivity index (χ1v) is 6.18. The van der Waals surface area contributed by atoms with Gasteiger partial charge in [0.25, 0.3) is 0 Å². The van der Waals surface area contributed by atoms with Crippen LogP contribution in [0.3, 0.4) is 0 Å². The van der Waals surface area contributed by atoms with Crippen LogP contribution in [0.25, 0.3) is 0 Å². The molecule has 1 saturated heterocycles. The van der Waals surface area contributed by atoms with E-state index in [1.807, 2.05) is 0 Å². The van der Waals surface area contributed by atoms with Crippen molar-refractivity contribution in [2.24, 2.45) is 5.92 Å². The van der Waals surface area contributed by atoms with E-state index in [0.29, 0.717) is 12.5 Å². The second kappa shape index (κ2) is 4.55. The largest absolute Gasteiger partial charge is 0.376 e. The highest BCUT2D eigenvalue weighted by molar-refractivity contribution is 5.24. The number of rotatable bonds is 2. The van der Waals surface area contributed by atoms with Crippen molar-refractivity contribution in [1.29, 1.82) is 0 Å². The molecule has 3 heterocycles. The van der Waals surface area contributed by atoms with Gasteiger partial charge in [0, 0.05) is 18.4 Å². The summed E-state index contributed by atoms with van der Waals surface area (Å²) in [5.41, 5.74) is 2.34. The molecule has 0 amide bonds. The molecule has 1 N–H and O–H groups in total. The van der Waals surface area contributed by atoms with E-state index in [1.54, 1.807) is 0 Å². The monoisotopic (exact) mass is 222 g/mol. The van der Waals surface area contributed by atoms with Crippen LogP contribution in [0.1, 0.15) is 29.9 Å². The van der Waals surface area contributed by atoms with E-state index in [4.69, 9.17) is 9.26 Å². The Morgan fingerprint density at radius 2 is 2.44 bits per heavy atom. The Morgan fingerprint density at radius 3 is 3.31 bits per heavy atom. The SMILES string of the molecule is C1CNCC(Cc2onc3c2COCC3)C1. The van der Waals surface area contributed by atoms with Gasteiger partial charge in [-0.2, -0.15) is 0 Å². The molecule has 0 spiro atoms. The molecule has 1 aromatic heterocycles. The minimum absolute atomic E-state index is 0.689. The molecule has 4 nitrogen and oxygen atoms in total. The van der Waals surface area contributed by atoms with Gasteiger partial charge in [-0.3, -0.25) is 0 Å². The summed E-state index contributed by atoms with van der Waals surface area (Å²) >= 11 is 0. The molecule has 2 aliphatic rings. The number of piperidine rings is 1. The lowest BCUT2D eigenvalue weighted by Crippen LogP contribution is -2.31. The Kier molecular flexibility index (Phi) is 2.93. The van der Waals surface area contributed by atoms with Crippen molar-refractivity contribution in [2.75, 3.05) is 19.7 Å². The van der Waals surface area contributed by atoms with Crippen molar-refractivity contribution < 1.29 is 9.26 Å². The summed E-state index contributed by atoms with van der Waals surface area (Å²) in [5.74, 6) is 1.76. The first-order chi connectivity index (χ1) is 7.93. The first-order valence-electron chi connectivity index (χ1n) is 6.18. The van der Waals surface area contributed by atoms with Crippen LogP contribution in [0.5, 0.6) is 0 Å². The average molecular weight is 222 g/mol. The van der Waals surface area contributed by atoms with E-state index < -0.39 is 0 Å². The van der Waals surface area contributed by atoms with Gasteiger partial charge in [0.2, 0.25) is 0 Å². The normalized spacial score (nSPS) is 25.4. The van der Waals surface area contributed by atoms with Gasteiger partial charge in [0.15, 0.2) is 0 Å². The van der Waals surface area contributed by atoms with Crippen molar-refractivity contribution in [3.05, 3.63) is 17.0 Å². The lowest BCUT2D eigenvalue weighted by atomic mass is 9.93. The fraction of sp³-hybridized carbons (Fsp3) is 0.750. The molecule has 0 saturated carbocycles. The van der Waals surface area contributed by atoms with Crippen LogP contribution >= 0.6 is 0 Å². The van der Waals surface area contributed by atoms with E-state index >= 15 is 0 Å². The van der Waals surface area contributed by atoms with Crippen LogP contribution in [0.15, 0.2) is 4.52 Å². The molecule has 1 atom stereocenters. The first kappa shape index (κ1) is 10.3. The second-order valence-corrected chi connectivity index (χ2v) is 4.75. The van der Waals surface area contributed by atoms with Gasteiger partial charge < -0.3 is 14.6 Å². The number of fused-ring (bicyclic) bond motifs is 1. The van der Waals surface area contributed by atoms with Gasteiger partial charge in [-0.05, 0) is 31.8 Å². The quantitative estimate of drug-likeness (QED) is 0.819. The molecule has 4 heteroatoms. The standard InChI is InChI=1S/C12H18N2O2/c1-2-9(7-13-4-1)6-12-10-8-15-5-3-11(10)14-16-12/h9,13H,1-8H2. The maximum absolute atomic E-state index is 5.47. The number of ether oxygens (including phenoxy) is 1. The van der Waals surface area contributed by atoms with Crippen LogP contribution in [0, 0.1) is 5.92 Å². The molecule has 2 aliphatic heterocycles. The third-order valence-corrected chi connectivity index (χ3v) is 3.55. The molecule has 1 unspecified atom stereocenters. The summed E-state index contributed by atoms with van der Waals surface area (Å²) in [5, 5.41) is 7.58. The molecule has 16 heavy (non-hydrogen) atoms. The summed E-state index contributed by atoms with van der Waals surface area (Å²) < 4.78 is 10.9. The van der Waals surface area contributed by atoms with E-state index in [2.05, 4.69) is 10.5 Å². The fourth-order valence-electron chi connectivity index (χ4n) is 2.61. The molecule has 1 aromatic rings. The summed E-state index contributed by atoms with van der Waals surface area (Å²) in [6, 6.07) is 0. The van der Waals surface area contributed by atoms with Crippen LogP contribution in [0.2, 0.25) is 0 Å². The van der Waals surface area contributed by atoms with Gasteiger partial charge in [-0.1, -0.05) is 5.16 Å². The predicted molar refractivity (Wildman–Crippen MR) is 59.2 cm³/mol. The summed E-state index contributed by atoms with van der Waals surface area (Å²) in [6.07, 6.45) is 4.49. The zero-order valence-electron chi connectivity index (χ0n) is 9.50. The zero-order chi connectivity index (χ0) is 10.8. The van der Waals surface area contributed by atoms with Gasteiger partial charge in [0.05, 0.1) is 18.9 Å². The summed E-state index contributed by atoms with van der Waals surface area (Å²) in [7, 11) is 0. The Hall–Kier alpha value is -0.870. The Labute approximate surface area is 95.3 Å². The maximum Gasteiger partial charge on any atom is 0.142 e. The molecular formula is C12H18N2O2. The molecule has 0 aromatic carbocycles. The molecular weight excluding hydrogens is 204 g/mol. The van der Waals surface area contributed by atoms with Gasteiger partial charge in [-0.25, -0.2) is 0 Å². The Balaban J connectivity index is 1.71. The Morgan fingerprint density at radius 1 is 1.44 bits per heavy atom. The third-order valence-electron chi connectivity index (χ3n) is 3.55. The smallest absolute Gasteiger partial charge is 0.142 e. The van der Waals surface area contributed by atoms with Crippen LogP contribution in [-0.2, 0) is 24.2 Å². The molecule has 0 bridgehead atoms. The van der Waals surface area contributed by atoms with Crippen LogP contribution < -0.4 is 5.32 Å². The molecule has 88 valence electrons. The van der Waals surface area contributed by atoms with E-state index in [9.17, 15) is 0 Å². The molecule has 0 aliphatic carbocycles. The molecule has 1 fully saturated rings. The summed E-state index contributed by atoms with van der Waals surface area (Å²) in [4.78, 5) is 0. The number of hydrogen-bond donors (Lipinski definition) is 1. The topological polar surface area (TPSA) is 47.3 Å². The minimum atomic E-state index is 0.689. The van der Waals surface area contributed by atoms with Crippen LogP contribution in [-0.4, -0.2) is 24.9 Å². The fourth-order valence-corrected chi connectivity index (χ4v) is 2.61. The average Bonchev–Trinajstić information content (AvgIpc) is 2.74. The van der Waals surface area contributed by atoms with Crippen molar-refractivity contribution in [1.82, 2.24) is 10.5 Å². The van der Waals surface area contributed by atoms with E-state index in [0.717, 1.165) is 44.0 Å². The highest BCUT2D eigenvalue weighted by Gasteiger charge is 2.23. The lowest BCUT2D eigenvalue weighted by Gasteiger charge is -2.22. The van der Waals surface area contributed by atoms with Crippen molar-refractivity contribution >= 4 is 0 Å². The number of hydrogen-bond acceptors (Lipinski definition) is 4. The van der Waals surface area contributed by atoms with Crippen molar-refractivity contribution in [3.63, 3.8) is 0 Å². The van der Waals surface area contributed by atoms with Crippen LogP contribution in [0.4, 0.5) is 0 Å². The zero-order valence-corrected chi connectivity index (χ0v) is 9.50. The number of nitrogens with one attached hydrogen (secondary N) is 1. The predicted octanol–water partition coefficient (Wildman–Crippen LogP) is 1.29. The van der Waals surface area contributed by atoms with Gasteiger partial charge >= 0.3 is 0 Å². The van der Waals surface area contributed by atoms with Gasteiger partial charge in [0.1, 0.15) is 5.76 Å². The molecule has 3 rings (SSSR count). The highest BCUT2D eigenvalue weighted by Crippen LogP contribution is 2.24. The summed E-state index contributed by atoms with van der Waals surface area (Å²) in [6.45, 7) is 3.74. The van der Waals surface area contributed by atoms with E-state index in [-0.39, 0.29) is 0 Å². The second-order valence-electron chi connectivity index (χ2n) is 4.75. The van der Waals surface area contributed by atoms with Crippen molar-refractivity contribution in [2.45, 2.75) is 32.3 Å². The Bertz CT molecular complexity index is 356. The lowest BCUT2D eigenvalue weighted by molar-refractivity contribution is 0.109. The molecule has 0 radical (unpaired) electrons. The minimum Gasteiger partial charge on any atom is -0.376 e. The van der Waals surface area contributed by atoms with E-state index in [1.165, 1.54) is 18.4 Å². The van der Waals surface area contributed by atoms with Crippen molar-refractivity contribution in [3.8, 4) is 0 Å². The third kappa shape index (κ3) is 1.99. The highest BCUT2D eigenvalue weighted by atomic mass is 16.5. The van der Waals surface area contributed by atoms with Gasteiger partial charge in [-0.15, -0.1) is 0 Å².